The van der Waals surface area contributed by atoms with Gasteiger partial charge in [-0.15, -0.1) is 0 Å². The predicted molar refractivity (Wildman–Crippen MR) is 45.7 cm³/mol. The Balaban J connectivity index is 4.06. The van der Waals surface area contributed by atoms with Crippen LogP contribution < -0.4 is 0 Å². The molecule has 0 aliphatic carbocycles. The van der Waals surface area contributed by atoms with Crippen molar-refractivity contribution in [1.29, 1.82) is 0 Å². The molecule has 0 aliphatic rings. The molecular formula is C6H14O8Si. The smallest absolute Gasteiger partial charge is 0.511 e. The molecule has 8 nitrogen and oxygen atoms in total. The first-order valence-electron chi connectivity index (χ1n) is 4.09. The number of aliphatic hydroxyl groups is 5. The highest BCUT2D eigenvalue weighted by molar-refractivity contribution is 6.24. The van der Waals surface area contributed by atoms with E-state index in [-0.39, 0.29) is 0 Å². The molecule has 0 aromatic carbocycles. The quantitative estimate of drug-likeness (QED) is 0.246. The molecule has 0 fully saturated rings. The number of hydrogen-bond acceptors (Lipinski definition) is 7. The van der Waals surface area contributed by atoms with Gasteiger partial charge in [0.1, 0.15) is 31.0 Å². The second-order valence-electron chi connectivity index (χ2n) is 2.88. The molecule has 90 valence electrons. The van der Waals surface area contributed by atoms with E-state index >= 15 is 0 Å². The molecule has 9 heteroatoms. The van der Waals surface area contributed by atoms with Crippen LogP contribution >= 0.6 is 0 Å². The highest BCUT2D eigenvalue weighted by Crippen LogP contribution is 2.05. The second-order valence-corrected chi connectivity index (χ2v) is 3.70. The van der Waals surface area contributed by atoms with Crippen LogP contribution in [-0.4, -0.2) is 77.1 Å². The van der Waals surface area contributed by atoms with Gasteiger partial charge in [0.05, 0.1) is 6.61 Å². The molecule has 0 aromatic heterocycles. The first kappa shape index (κ1) is 14.4. The lowest BCUT2D eigenvalue weighted by Crippen LogP contribution is -2.47. The van der Waals surface area contributed by atoms with Crippen LogP contribution in [0.5, 0.6) is 0 Å². The van der Waals surface area contributed by atoms with Gasteiger partial charge in [0.2, 0.25) is 0 Å². The van der Waals surface area contributed by atoms with Crippen molar-refractivity contribution < 1.29 is 39.2 Å². The average molecular weight is 242 g/mol. The molecule has 6 N–H and O–H groups in total. The molecule has 0 radical (unpaired) electrons. The van der Waals surface area contributed by atoms with Crippen molar-refractivity contribution in [2.75, 3.05) is 13.2 Å². The number of rotatable bonds is 7. The van der Waals surface area contributed by atoms with Crippen molar-refractivity contribution in [3.63, 3.8) is 0 Å². The van der Waals surface area contributed by atoms with Gasteiger partial charge in [0.25, 0.3) is 0 Å². The summed E-state index contributed by atoms with van der Waals surface area (Å²) < 4.78 is 14.2. The molecule has 0 unspecified atom stereocenters. The van der Waals surface area contributed by atoms with Crippen molar-refractivity contribution in [2.45, 2.75) is 24.4 Å². The third-order valence-corrected chi connectivity index (χ3v) is 2.12. The Morgan fingerprint density at radius 1 is 1.07 bits per heavy atom. The number of hydrogen-bond donors (Lipinski definition) is 6. The van der Waals surface area contributed by atoms with E-state index < -0.39 is 46.8 Å². The normalized spacial score (nSPS) is 19.0. The molecule has 0 aromatic rings. The molecule has 0 rings (SSSR count). The third kappa shape index (κ3) is 5.16. The summed E-state index contributed by atoms with van der Waals surface area (Å²) in [6.07, 6.45) is -6.80. The van der Waals surface area contributed by atoms with E-state index in [0.29, 0.717) is 0 Å². The van der Waals surface area contributed by atoms with Crippen LogP contribution in [0, 0.1) is 0 Å². The highest BCUT2D eigenvalue weighted by Gasteiger charge is 2.30. The summed E-state index contributed by atoms with van der Waals surface area (Å²) in [5, 5.41) is 44.8. The molecule has 0 amide bonds. The molecule has 0 heterocycles. The average Bonchev–Trinajstić information content (AvgIpc) is 2.22. The molecular weight excluding hydrogens is 228 g/mol. The van der Waals surface area contributed by atoms with Crippen LogP contribution in [0.2, 0.25) is 0 Å². The maximum absolute atomic E-state index is 10.1. The Bertz CT molecular complexity index is 200. The van der Waals surface area contributed by atoms with Gasteiger partial charge in [-0.2, -0.15) is 0 Å². The van der Waals surface area contributed by atoms with Gasteiger partial charge in [-0.25, -0.2) is 0 Å². The molecule has 15 heavy (non-hydrogen) atoms. The summed E-state index contributed by atoms with van der Waals surface area (Å²) in [7, 11) is -3.23. The Labute approximate surface area is 86.9 Å². The van der Waals surface area contributed by atoms with E-state index in [2.05, 4.69) is 4.43 Å². The van der Waals surface area contributed by atoms with Gasteiger partial charge < -0.3 is 34.8 Å². The zero-order chi connectivity index (χ0) is 12.0. The maximum Gasteiger partial charge on any atom is 0.764 e. The molecule has 0 spiro atoms. The van der Waals surface area contributed by atoms with E-state index in [1.54, 1.807) is 0 Å². The minimum Gasteiger partial charge on any atom is -0.511 e. The topological polar surface area (TPSA) is 148 Å². The largest absolute Gasteiger partial charge is 0.764 e. The zero-order valence-corrected chi connectivity index (χ0v) is 8.72. The minimum absolute atomic E-state index is 0.662. The summed E-state index contributed by atoms with van der Waals surface area (Å²) in [6.45, 7) is -1.45. The van der Waals surface area contributed by atoms with E-state index in [1.807, 2.05) is 0 Å². The molecule has 4 atom stereocenters. The van der Waals surface area contributed by atoms with Crippen LogP contribution in [0.4, 0.5) is 0 Å². The summed E-state index contributed by atoms with van der Waals surface area (Å²) in [6, 6.07) is 0. The maximum atomic E-state index is 10.1. The first-order valence-corrected chi connectivity index (χ1v) is 5.35. The molecule has 0 bridgehead atoms. The van der Waals surface area contributed by atoms with Crippen molar-refractivity contribution in [1.82, 2.24) is 0 Å². The molecule has 0 saturated carbocycles. The van der Waals surface area contributed by atoms with Gasteiger partial charge in [0.15, 0.2) is 0 Å². The fourth-order valence-corrected chi connectivity index (χ4v) is 1.13. The highest BCUT2D eigenvalue weighted by atomic mass is 28.3. The van der Waals surface area contributed by atoms with Gasteiger partial charge in [-0.1, -0.05) is 0 Å². The lowest BCUT2D eigenvalue weighted by atomic mass is 10.0. The van der Waals surface area contributed by atoms with E-state index in [0.717, 1.165) is 0 Å². The van der Waals surface area contributed by atoms with E-state index in [4.69, 9.17) is 25.2 Å². The minimum atomic E-state index is -3.23. The lowest BCUT2D eigenvalue weighted by molar-refractivity contribution is -0.122. The SMILES string of the molecule is O=[Si](O)OC[C@@H](O)[C@@H](O)[C@H](O)[C@H](O)CO. The monoisotopic (exact) mass is 242 g/mol. The fourth-order valence-electron chi connectivity index (χ4n) is 0.818. The summed E-state index contributed by atoms with van der Waals surface area (Å²) in [5.41, 5.74) is 0. The van der Waals surface area contributed by atoms with Gasteiger partial charge in [-0.05, 0) is 0 Å². The standard InChI is InChI=1S/C6H14O8Si/c7-1-3(8)5(10)6(11)4(9)2-14-15(12)13/h3-12H,1-2H2/t3-,4-,5-,6-/m1/s1. The van der Waals surface area contributed by atoms with Gasteiger partial charge in [0, 0.05) is 0 Å². The first-order chi connectivity index (χ1) is 6.90. The molecule has 0 saturated heterocycles. The Morgan fingerprint density at radius 2 is 1.53 bits per heavy atom. The number of aliphatic hydroxyl groups excluding tert-OH is 5. The van der Waals surface area contributed by atoms with Crippen LogP contribution in [0.3, 0.4) is 0 Å². The van der Waals surface area contributed by atoms with Crippen LogP contribution in [0.25, 0.3) is 0 Å². The van der Waals surface area contributed by atoms with Gasteiger partial charge >= 0.3 is 9.17 Å². The van der Waals surface area contributed by atoms with Crippen LogP contribution in [0.15, 0.2) is 0 Å². The van der Waals surface area contributed by atoms with Crippen LogP contribution in [0.1, 0.15) is 0 Å². The van der Waals surface area contributed by atoms with Crippen molar-refractivity contribution in [2.24, 2.45) is 0 Å². The predicted octanol–water partition coefficient (Wildman–Crippen LogP) is -4.15. The van der Waals surface area contributed by atoms with Gasteiger partial charge in [-0.3, -0.25) is 4.46 Å². The van der Waals surface area contributed by atoms with Crippen molar-refractivity contribution in [3.05, 3.63) is 0 Å². The van der Waals surface area contributed by atoms with E-state index in [9.17, 15) is 9.57 Å². The van der Waals surface area contributed by atoms with E-state index in [1.165, 1.54) is 0 Å². The Kier molecular flexibility index (Phi) is 6.55. The summed E-state index contributed by atoms with van der Waals surface area (Å²) >= 11 is 0. The summed E-state index contributed by atoms with van der Waals surface area (Å²) in [4.78, 5) is 8.26. The summed E-state index contributed by atoms with van der Waals surface area (Å²) in [5.74, 6) is 0. The molecule has 0 aliphatic heterocycles. The van der Waals surface area contributed by atoms with Crippen molar-refractivity contribution in [3.8, 4) is 0 Å². The Hall–Kier alpha value is -0.583. The zero-order valence-electron chi connectivity index (χ0n) is 7.72. The van der Waals surface area contributed by atoms with Crippen LogP contribution in [-0.2, 0) is 8.89 Å². The lowest BCUT2D eigenvalue weighted by Gasteiger charge is -2.25. The fraction of sp³-hybridized carbons (Fsp3) is 1.00. The van der Waals surface area contributed by atoms with Crippen molar-refractivity contribution >= 4 is 9.17 Å². The second kappa shape index (κ2) is 6.82. The third-order valence-electron chi connectivity index (χ3n) is 1.70. The Morgan fingerprint density at radius 3 is 1.93 bits per heavy atom.